The molecule has 28 heavy (non-hydrogen) atoms. The Morgan fingerprint density at radius 1 is 1.14 bits per heavy atom. The number of nitrogens with zero attached hydrogens (tertiary/aromatic N) is 3. The predicted octanol–water partition coefficient (Wildman–Crippen LogP) is 1.68. The van der Waals surface area contributed by atoms with Crippen molar-refractivity contribution in [2.24, 2.45) is 5.92 Å². The zero-order valence-corrected chi connectivity index (χ0v) is 16.8. The first-order valence-corrected chi connectivity index (χ1v) is 9.58. The lowest BCUT2D eigenvalue weighted by Gasteiger charge is -2.35. The van der Waals surface area contributed by atoms with Gasteiger partial charge in [0, 0.05) is 46.2 Å². The third-order valence-corrected chi connectivity index (χ3v) is 4.93. The number of amides is 4. The second kappa shape index (κ2) is 10.1. The number of halogens is 1. The summed E-state index contributed by atoms with van der Waals surface area (Å²) in [6, 6.07) is 5.87. The minimum absolute atomic E-state index is 0.00658. The number of piperidine rings is 1. The number of likely N-dealkylation sites (tertiary alicyclic amines) is 1. The van der Waals surface area contributed by atoms with Gasteiger partial charge in [0.05, 0.1) is 6.54 Å². The van der Waals surface area contributed by atoms with Gasteiger partial charge in [-0.25, -0.2) is 9.18 Å². The van der Waals surface area contributed by atoms with Gasteiger partial charge in [-0.15, -0.1) is 0 Å². The van der Waals surface area contributed by atoms with E-state index in [1.54, 1.807) is 36.0 Å². The SMILES string of the molecule is CCN(CC(=O)NCc1ccc(F)cc1)C(=O)C1CCN(C(=O)N(C)C)CC1. The summed E-state index contributed by atoms with van der Waals surface area (Å²) in [5, 5.41) is 2.76. The fraction of sp³-hybridized carbons (Fsp3) is 0.550. The molecule has 1 fully saturated rings. The highest BCUT2D eigenvalue weighted by Gasteiger charge is 2.30. The Morgan fingerprint density at radius 2 is 1.75 bits per heavy atom. The fourth-order valence-corrected chi connectivity index (χ4v) is 3.24. The predicted molar refractivity (Wildman–Crippen MR) is 104 cm³/mol. The Bertz CT molecular complexity index is 685. The topological polar surface area (TPSA) is 73.0 Å². The molecule has 154 valence electrons. The van der Waals surface area contributed by atoms with E-state index in [2.05, 4.69) is 5.32 Å². The lowest BCUT2D eigenvalue weighted by Crippen LogP contribution is -2.48. The molecular formula is C20H29FN4O3. The van der Waals surface area contributed by atoms with Gasteiger partial charge < -0.3 is 20.0 Å². The number of likely N-dealkylation sites (N-methyl/N-ethyl adjacent to an activating group) is 1. The van der Waals surface area contributed by atoms with E-state index in [-0.39, 0.29) is 42.7 Å². The third-order valence-electron chi connectivity index (χ3n) is 4.93. The van der Waals surface area contributed by atoms with Crippen molar-refractivity contribution >= 4 is 17.8 Å². The molecule has 1 aromatic carbocycles. The summed E-state index contributed by atoms with van der Waals surface area (Å²) in [4.78, 5) is 41.8. The van der Waals surface area contributed by atoms with Crippen LogP contribution in [0.3, 0.4) is 0 Å². The van der Waals surface area contributed by atoms with Crippen molar-refractivity contribution in [1.82, 2.24) is 20.0 Å². The van der Waals surface area contributed by atoms with Gasteiger partial charge in [-0.1, -0.05) is 12.1 Å². The van der Waals surface area contributed by atoms with Crippen LogP contribution in [0.4, 0.5) is 9.18 Å². The number of hydrogen-bond acceptors (Lipinski definition) is 3. The molecule has 0 aromatic heterocycles. The first-order valence-electron chi connectivity index (χ1n) is 9.58. The van der Waals surface area contributed by atoms with Crippen LogP contribution in [-0.2, 0) is 16.1 Å². The van der Waals surface area contributed by atoms with E-state index >= 15 is 0 Å². The number of benzene rings is 1. The van der Waals surface area contributed by atoms with Gasteiger partial charge in [-0.05, 0) is 37.5 Å². The van der Waals surface area contributed by atoms with E-state index in [0.29, 0.717) is 32.5 Å². The fourth-order valence-electron chi connectivity index (χ4n) is 3.24. The van der Waals surface area contributed by atoms with Crippen LogP contribution in [0.5, 0.6) is 0 Å². The van der Waals surface area contributed by atoms with Gasteiger partial charge in [0.15, 0.2) is 0 Å². The first kappa shape index (κ1) is 21.7. The van der Waals surface area contributed by atoms with E-state index in [4.69, 9.17) is 0 Å². The van der Waals surface area contributed by atoms with Crippen molar-refractivity contribution in [3.63, 3.8) is 0 Å². The molecule has 0 saturated carbocycles. The molecular weight excluding hydrogens is 363 g/mol. The van der Waals surface area contributed by atoms with Gasteiger partial charge in [0.2, 0.25) is 11.8 Å². The van der Waals surface area contributed by atoms with Crippen LogP contribution in [0, 0.1) is 11.7 Å². The zero-order valence-electron chi connectivity index (χ0n) is 16.8. The summed E-state index contributed by atoms with van der Waals surface area (Å²) in [6.07, 6.45) is 1.21. The Labute approximate surface area is 165 Å². The maximum atomic E-state index is 12.9. The van der Waals surface area contributed by atoms with Crippen molar-refractivity contribution in [2.75, 3.05) is 40.3 Å². The molecule has 1 N–H and O–H groups in total. The van der Waals surface area contributed by atoms with Gasteiger partial charge in [-0.3, -0.25) is 9.59 Å². The second-order valence-corrected chi connectivity index (χ2v) is 7.19. The maximum Gasteiger partial charge on any atom is 0.319 e. The number of nitrogens with one attached hydrogen (secondary N) is 1. The lowest BCUT2D eigenvalue weighted by atomic mass is 9.95. The van der Waals surface area contributed by atoms with Crippen LogP contribution in [0.15, 0.2) is 24.3 Å². The summed E-state index contributed by atoms with van der Waals surface area (Å²) in [5.41, 5.74) is 0.794. The summed E-state index contributed by atoms with van der Waals surface area (Å²) < 4.78 is 12.9. The smallest absolute Gasteiger partial charge is 0.319 e. The molecule has 0 radical (unpaired) electrons. The van der Waals surface area contributed by atoms with Gasteiger partial charge >= 0.3 is 6.03 Å². The van der Waals surface area contributed by atoms with Crippen LogP contribution >= 0.6 is 0 Å². The van der Waals surface area contributed by atoms with Crippen LogP contribution in [0.25, 0.3) is 0 Å². The molecule has 7 nitrogen and oxygen atoms in total. The Kier molecular flexibility index (Phi) is 7.78. The molecule has 0 unspecified atom stereocenters. The Morgan fingerprint density at radius 3 is 2.29 bits per heavy atom. The molecule has 1 heterocycles. The number of hydrogen-bond donors (Lipinski definition) is 1. The van der Waals surface area contributed by atoms with Crippen molar-refractivity contribution < 1.29 is 18.8 Å². The van der Waals surface area contributed by atoms with Crippen molar-refractivity contribution in [3.8, 4) is 0 Å². The normalized spacial score (nSPS) is 14.5. The van der Waals surface area contributed by atoms with Gasteiger partial charge in [0.25, 0.3) is 0 Å². The zero-order chi connectivity index (χ0) is 20.7. The van der Waals surface area contributed by atoms with Crippen molar-refractivity contribution in [2.45, 2.75) is 26.3 Å². The van der Waals surface area contributed by atoms with Crippen LogP contribution < -0.4 is 5.32 Å². The van der Waals surface area contributed by atoms with E-state index in [0.717, 1.165) is 5.56 Å². The molecule has 0 aliphatic carbocycles. The molecule has 2 rings (SSSR count). The molecule has 0 atom stereocenters. The average molecular weight is 392 g/mol. The summed E-state index contributed by atoms with van der Waals surface area (Å²) in [5.74, 6) is -0.789. The molecule has 0 bridgehead atoms. The van der Waals surface area contributed by atoms with Crippen molar-refractivity contribution in [1.29, 1.82) is 0 Å². The molecule has 1 aromatic rings. The molecule has 4 amide bonds. The van der Waals surface area contributed by atoms with Gasteiger partial charge in [-0.2, -0.15) is 0 Å². The van der Waals surface area contributed by atoms with Crippen molar-refractivity contribution in [3.05, 3.63) is 35.6 Å². The van der Waals surface area contributed by atoms with Crippen LogP contribution in [0.2, 0.25) is 0 Å². The van der Waals surface area contributed by atoms with Crippen LogP contribution in [-0.4, -0.2) is 72.8 Å². The Hall–Kier alpha value is -2.64. The standard InChI is InChI=1S/C20H29FN4O3/c1-4-24(14-18(26)22-13-15-5-7-17(21)8-6-15)19(27)16-9-11-25(12-10-16)20(28)23(2)3/h5-8,16H,4,9-14H2,1-3H3,(H,22,26). The molecule has 0 spiro atoms. The molecule has 1 saturated heterocycles. The minimum atomic E-state index is -0.323. The third kappa shape index (κ3) is 5.94. The largest absolute Gasteiger partial charge is 0.350 e. The molecule has 8 heteroatoms. The van der Waals surface area contributed by atoms with E-state index in [9.17, 15) is 18.8 Å². The number of urea groups is 1. The number of carbonyl (C=O) groups excluding carboxylic acids is 3. The van der Waals surface area contributed by atoms with Crippen LogP contribution in [0.1, 0.15) is 25.3 Å². The molecule has 1 aliphatic heterocycles. The minimum Gasteiger partial charge on any atom is -0.350 e. The maximum absolute atomic E-state index is 12.9. The highest BCUT2D eigenvalue weighted by Crippen LogP contribution is 2.20. The summed E-state index contributed by atoms with van der Waals surface area (Å²) >= 11 is 0. The second-order valence-electron chi connectivity index (χ2n) is 7.19. The lowest BCUT2D eigenvalue weighted by molar-refractivity contribution is -0.140. The van der Waals surface area contributed by atoms with E-state index < -0.39 is 0 Å². The quantitative estimate of drug-likeness (QED) is 0.801. The highest BCUT2D eigenvalue weighted by molar-refractivity contribution is 5.86. The molecule has 1 aliphatic rings. The summed E-state index contributed by atoms with van der Waals surface area (Å²) in [7, 11) is 3.42. The first-order chi connectivity index (χ1) is 13.3. The van der Waals surface area contributed by atoms with E-state index in [1.165, 1.54) is 17.0 Å². The van der Waals surface area contributed by atoms with E-state index in [1.807, 2.05) is 6.92 Å². The Balaban J connectivity index is 1.81. The number of rotatable bonds is 6. The summed E-state index contributed by atoms with van der Waals surface area (Å²) in [6.45, 7) is 3.65. The van der Waals surface area contributed by atoms with Gasteiger partial charge in [0.1, 0.15) is 5.82 Å². The monoisotopic (exact) mass is 392 g/mol. The number of carbonyl (C=O) groups is 3. The highest BCUT2D eigenvalue weighted by atomic mass is 19.1. The average Bonchev–Trinajstić information content (AvgIpc) is 2.70.